The van der Waals surface area contributed by atoms with E-state index in [-0.39, 0.29) is 24.6 Å². The van der Waals surface area contributed by atoms with Gasteiger partial charge in [-0.1, -0.05) is 6.07 Å². The topological polar surface area (TPSA) is 129 Å². The van der Waals surface area contributed by atoms with Gasteiger partial charge in [0, 0.05) is 17.5 Å². The van der Waals surface area contributed by atoms with Gasteiger partial charge in [-0.15, -0.1) is 0 Å². The summed E-state index contributed by atoms with van der Waals surface area (Å²) in [4.78, 5) is 43.0. The van der Waals surface area contributed by atoms with Gasteiger partial charge in [-0.25, -0.2) is 9.37 Å². The number of pyridine rings is 1. The number of benzene rings is 1. The Bertz CT molecular complexity index is 1100. The number of carbonyl (C=O) groups excluding carboxylic acids is 3. The number of aromatic nitrogens is 1. The lowest BCUT2D eigenvalue weighted by molar-refractivity contribution is -0.155. The van der Waals surface area contributed by atoms with Crippen molar-refractivity contribution in [1.29, 1.82) is 0 Å². The highest BCUT2D eigenvalue weighted by Crippen LogP contribution is 2.38. The Morgan fingerprint density at radius 2 is 1.94 bits per heavy atom. The third kappa shape index (κ3) is 4.97. The molecule has 2 aromatic rings. The van der Waals surface area contributed by atoms with E-state index in [1.807, 2.05) is 0 Å². The minimum atomic E-state index is -0.974. The molecule has 9 heteroatoms. The zero-order valence-corrected chi connectivity index (χ0v) is 19.4. The van der Waals surface area contributed by atoms with Gasteiger partial charge in [0.25, 0.3) is 5.91 Å². The molecule has 3 rings (SSSR count). The molecule has 1 aromatic carbocycles. The number of rotatable bonds is 6. The van der Waals surface area contributed by atoms with Crippen LogP contribution in [0, 0.1) is 12.7 Å². The number of anilines is 1. The number of nitrogen functional groups attached to an aromatic ring is 1. The average molecular weight is 457 g/mol. The highest BCUT2D eigenvalue weighted by Gasteiger charge is 2.41. The number of esters is 1. The first-order chi connectivity index (χ1) is 15.3. The largest absolute Gasteiger partial charge is 0.460 e. The van der Waals surface area contributed by atoms with Gasteiger partial charge in [-0.05, 0) is 70.4 Å². The van der Waals surface area contributed by atoms with E-state index in [0.29, 0.717) is 27.9 Å². The maximum absolute atomic E-state index is 13.9. The van der Waals surface area contributed by atoms with Crippen LogP contribution in [0.25, 0.3) is 11.3 Å². The Hall–Kier alpha value is -3.49. The van der Waals surface area contributed by atoms with Crippen LogP contribution < -0.4 is 11.5 Å². The molecular weight excluding hydrogens is 427 g/mol. The number of amides is 2. The van der Waals surface area contributed by atoms with Gasteiger partial charge in [0.1, 0.15) is 11.6 Å². The minimum absolute atomic E-state index is 0.0520. The van der Waals surface area contributed by atoms with Crippen molar-refractivity contribution in [2.45, 2.75) is 65.1 Å². The Morgan fingerprint density at radius 3 is 2.52 bits per heavy atom. The SMILES string of the molecule is Cc1cc(-c2ccc3c(c2)C(C)N([C@@H](CCC(=O)OC(C)(C)C)C(N)=O)C3=O)nc(N)c1F. The monoisotopic (exact) mass is 456 g/mol. The molecule has 2 amide bonds. The quantitative estimate of drug-likeness (QED) is 0.642. The standard InChI is InChI=1S/C24H29FN4O4/c1-12-10-17(28-21(26)20(12)25)14-6-7-15-16(11-14)13(2)29(23(15)32)18(22(27)31)8-9-19(30)33-24(3,4)5/h6-7,10-11,13,18H,8-9H2,1-5H3,(H2,26,28)(H2,27,31)/t13?,18-/m0/s1. The predicted molar refractivity (Wildman–Crippen MR) is 121 cm³/mol. The lowest BCUT2D eigenvalue weighted by Gasteiger charge is -2.30. The van der Waals surface area contributed by atoms with E-state index in [1.54, 1.807) is 58.9 Å². The van der Waals surface area contributed by atoms with E-state index in [4.69, 9.17) is 16.2 Å². The first-order valence-electron chi connectivity index (χ1n) is 10.7. The number of hydrogen-bond donors (Lipinski definition) is 2. The van der Waals surface area contributed by atoms with Crippen LogP contribution in [0.1, 0.15) is 68.1 Å². The van der Waals surface area contributed by atoms with Gasteiger partial charge < -0.3 is 21.1 Å². The maximum Gasteiger partial charge on any atom is 0.306 e. The van der Waals surface area contributed by atoms with Crippen molar-refractivity contribution in [3.63, 3.8) is 0 Å². The predicted octanol–water partition coefficient (Wildman–Crippen LogP) is 3.27. The van der Waals surface area contributed by atoms with Crippen LogP contribution in [0.5, 0.6) is 0 Å². The Balaban J connectivity index is 1.88. The lowest BCUT2D eigenvalue weighted by Crippen LogP contribution is -2.46. The third-order valence-electron chi connectivity index (χ3n) is 5.55. The minimum Gasteiger partial charge on any atom is -0.460 e. The van der Waals surface area contributed by atoms with Gasteiger partial charge in [0.05, 0.1) is 11.7 Å². The molecule has 2 heterocycles. The third-order valence-corrected chi connectivity index (χ3v) is 5.55. The summed E-state index contributed by atoms with van der Waals surface area (Å²) in [6.45, 7) is 8.64. The van der Waals surface area contributed by atoms with Gasteiger partial charge in [-0.3, -0.25) is 14.4 Å². The first kappa shape index (κ1) is 24.2. The molecule has 2 atom stereocenters. The molecule has 176 valence electrons. The number of nitrogens with two attached hydrogens (primary N) is 2. The maximum atomic E-state index is 13.9. The molecule has 1 aliphatic heterocycles. The van der Waals surface area contributed by atoms with Crippen molar-refractivity contribution in [1.82, 2.24) is 9.88 Å². The number of carbonyl (C=O) groups is 3. The fourth-order valence-electron chi connectivity index (χ4n) is 4.03. The van der Waals surface area contributed by atoms with E-state index in [1.165, 1.54) is 4.90 Å². The summed E-state index contributed by atoms with van der Waals surface area (Å²) in [5, 5.41) is 0. The highest BCUT2D eigenvalue weighted by molar-refractivity contribution is 6.02. The highest BCUT2D eigenvalue weighted by atomic mass is 19.1. The van der Waals surface area contributed by atoms with Crippen molar-refractivity contribution in [2.75, 3.05) is 5.73 Å². The summed E-state index contributed by atoms with van der Waals surface area (Å²) in [6.07, 6.45) is -0.00254. The molecule has 1 unspecified atom stereocenters. The molecule has 0 fully saturated rings. The number of aryl methyl sites for hydroxylation is 1. The summed E-state index contributed by atoms with van der Waals surface area (Å²) in [7, 11) is 0. The molecule has 33 heavy (non-hydrogen) atoms. The van der Waals surface area contributed by atoms with Gasteiger partial charge in [0.15, 0.2) is 11.6 Å². The lowest BCUT2D eigenvalue weighted by atomic mass is 9.99. The number of ether oxygens (including phenoxy) is 1. The Morgan fingerprint density at radius 1 is 1.27 bits per heavy atom. The number of hydrogen-bond acceptors (Lipinski definition) is 6. The number of primary amides is 1. The van der Waals surface area contributed by atoms with E-state index >= 15 is 0 Å². The van der Waals surface area contributed by atoms with Gasteiger partial charge in [-0.2, -0.15) is 0 Å². The number of fused-ring (bicyclic) bond motifs is 1. The van der Waals surface area contributed by atoms with E-state index in [0.717, 1.165) is 0 Å². The summed E-state index contributed by atoms with van der Waals surface area (Å²) < 4.78 is 19.2. The van der Waals surface area contributed by atoms with E-state index < -0.39 is 35.4 Å². The van der Waals surface area contributed by atoms with Crippen LogP contribution in [0.2, 0.25) is 0 Å². The zero-order chi connectivity index (χ0) is 24.7. The Labute approximate surface area is 192 Å². The molecule has 1 aliphatic rings. The molecule has 4 N–H and O–H groups in total. The van der Waals surface area contributed by atoms with Crippen LogP contribution in [-0.4, -0.2) is 39.3 Å². The smallest absolute Gasteiger partial charge is 0.306 e. The molecule has 0 radical (unpaired) electrons. The molecule has 0 aliphatic carbocycles. The van der Waals surface area contributed by atoms with Crippen molar-refractivity contribution in [3.05, 3.63) is 46.8 Å². The van der Waals surface area contributed by atoms with Crippen molar-refractivity contribution in [3.8, 4) is 11.3 Å². The van der Waals surface area contributed by atoms with Gasteiger partial charge >= 0.3 is 5.97 Å². The second-order valence-corrected chi connectivity index (χ2v) is 9.26. The number of halogens is 1. The van der Waals surface area contributed by atoms with Gasteiger partial charge in [0.2, 0.25) is 5.91 Å². The Kier molecular flexibility index (Phi) is 6.44. The van der Waals surface area contributed by atoms with Crippen molar-refractivity contribution in [2.24, 2.45) is 5.73 Å². The van der Waals surface area contributed by atoms with Crippen molar-refractivity contribution >= 4 is 23.6 Å². The molecular formula is C24H29FN4O4. The number of nitrogens with zero attached hydrogens (tertiary/aromatic N) is 2. The van der Waals surface area contributed by atoms with Crippen molar-refractivity contribution < 1.29 is 23.5 Å². The second kappa shape index (κ2) is 8.80. The van der Waals surface area contributed by atoms with Crippen LogP contribution in [0.4, 0.5) is 10.2 Å². The van der Waals surface area contributed by atoms with Crippen LogP contribution >= 0.6 is 0 Å². The molecule has 0 saturated carbocycles. The normalized spacial score (nSPS) is 16.5. The molecule has 0 spiro atoms. The molecule has 0 bridgehead atoms. The second-order valence-electron chi connectivity index (χ2n) is 9.26. The van der Waals surface area contributed by atoms with E-state index in [2.05, 4.69) is 4.98 Å². The fraction of sp³-hybridized carbons (Fsp3) is 0.417. The summed E-state index contributed by atoms with van der Waals surface area (Å²) in [6, 6.07) is 5.26. The van der Waals surface area contributed by atoms with Crippen LogP contribution in [-0.2, 0) is 14.3 Å². The molecule has 0 saturated heterocycles. The van der Waals surface area contributed by atoms with Crippen LogP contribution in [0.15, 0.2) is 24.3 Å². The summed E-state index contributed by atoms with van der Waals surface area (Å²) in [5.41, 5.74) is 13.2. The van der Waals surface area contributed by atoms with Crippen LogP contribution in [0.3, 0.4) is 0 Å². The molecule has 1 aromatic heterocycles. The summed E-state index contributed by atoms with van der Waals surface area (Å²) >= 11 is 0. The average Bonchev–Trinajstić information content (AvgIpc) is 2.95. The first-order valence-corrected chi connectivity index (χ1v) is 10.7. The molecule has 8 nitrogen and oxygen atoms in total. The summed E-state index contributed by atoms with van der Waals surface area (Å²) in [5.74, 6) is -2.28. The fourth-order valence-corrected chi connectivity index (χ4v) is 4.03. The van der Waals surface area contributed by atoms with E-state index in [9.17, 15) is 18.8 Å². The zero-order valence-electron chi connectivity index (χ0n) is 19.4.